The van der Waals surface area contributed by atoms with Gasteiger partial charge in [0.2, 0.25) is 0 Å². The molecule has 196 valence electrons. The number of nitrogens with zero attached hydrogens (tertiary/aromatic N) is 4. The van der Waals surface area contributed by atoms with Gasteiger partial charge in [0.05, 0.1) is 22.5 Å². The Labute approximate surface area is 239 Å². The number of hydrogen-bond donors (Lipinski definition) is 1. The van der Waals surface area contributed by atoms with E-state index in [9.17, 15) is 5.21 Å². The molecule has 0 aliphatic carbocycles. The van der Waals surface area contributed by atoms with Gasteiger partial charge in [-0.25, -0.2) is 9.97 Å². The number of pyridine rings is 1. The van der Waals surface area contributed by atoms with Crippen molar-refractivity contribution in [3.05, 3.63) is 142 Å². The standard InChI is InChI=1S/C31H20Cl2N4O3/c32-20-10-8-19(9-11-20)17-39-26-7-2-1-6-23(26)28(29-24-15-21(33)12-13-25(24)35-18-36-29)31-30(37-38)27(40-31)16-22-5-3-4-14-34-22/h1-16,18,38H,17H2/b27-16-,31-28-,37-30+. The first-order chi connectivity index (χ1) is 19.6. The predicted octanol–water partition coefficient (Wildman–Crippen LogP) is 7.57. The Balaban J connectivity index is 1.51. The summed E-state index contributed by atoms with van der Waals surface area (Å²) in [5.41, 5.74) is 4.34. The van der Waals surface area contributed by atoms with Crippen molar-refractivity contribution in [3.63, 3.8) is 0 Å². The zero-order valence-corrected chi connectivity index (χ0v) is 22.3. The summed E-state index contributed by atoms with van der Waals surface area (Å²) in [6, 6.07) is 25.9. The van der Waals surface area contributed by atoms with Crippen LogP contribution >= 0.6 is 23.2 Å². The summed E-state index contributed by atoms with van der Waals surface area (Å²) >= 11 is 12.4. The van der Waals surface area contributed by atoms with Crippen LogP contribution in [0.4, 0.5) is 0 Å². The maximum absolute atomic E-state index is 10.1. The molecule has 1 fully saturated rings. The van der Waals surface area contributed by atoms with Gasteiger partial charge in [-0.3, -0.25) is 4.98 Å². The molecule has 5 aromatic rings. The minimum absolute atomic E-state index is 0.252. The van der Waals surface area contributed by atoms with Crippen molar-refractivity contribution in [2.45, 2.75) is 6.61 Å². The summed E-state index contributed by atoms with van der Waals surface area (Å²) < 4.78 is 12.5. The van der Waals surface area contributed by atoms with E-state index in [-0.39, 0.29) is 5.71 Å². The summed E-state index contributed by atoms with van der Waals surface area (Å²) in [5, 5.41) is 15.5. The van der Waals surface area contributed by atoms with Crippen molar-refractivity contribution >= 4 is 51.5 Å². The fourth-order valence-electron chi connectivity index (χ4n) is 4.36. The summed E-state index contributed by atoms with van der Waals surface area (Å²) in [6.45, 7) is 0.305. The van der Waals surface area contributed by atoms with Gasteiger partial charge in [-0.15, -0.1) is 0 Å². The van der Waals surface area contributed by atoms with Crippen molar-refractivity contribution in [3.8, 4) is 5.75 Å². The maximum atomic E-state index is 10.1. The zero-order valence-electron chi connectivity index (χ0n) is 20.8. The van der Waals surface area contributed by atoms with E-state index in [2.05, 4.69) is 20.1 Å². The molecule has 1 aliphatic heterocycles. The summed E-state index contributed by atoms with van der Waals surface area (Å²) in [5.74, 6) is 1.27. The molecule has 6 rings (SSSR count). The van der Waals surface area contributed by atoms with Crippen LogP contribution in [-0.2, 0) is 11.3 Å². The molecule has 0 unspecified atom stereocenters. The highest BCUT2D eigenvalue weighted by Crippen LogP contribution is 2.42. The summed E-state index contributed by atoms with van der Waals surface area (Å²) in [4.78, 5) is 13.3. The summed E-state index contributed by atoms with van der Waals surface area (Å²) in [6.07, 6.45) is 4.85. The van der Waals surface area contributed by atoms with E-state index in [0.29, 0.717) is 67.3 Å². The molecular weight excluding hydrogens is 547 g/mol. The molecule has 0 saturated carbocycles. The number of ether oxygens (including phenoxy) is 2. The minimum atomic E-state index is 0.252. The maximum Gasteiger partial charge on any atom is 0.188 e. The fraction of sp³-hybridized carbons (Fsp3) is 0.0323. The monoisotopic (exact) mass is 566 g/mol. The van der Waals surface area contributed by atoms with Gasteiger partial charge in [-0.05, 0) is 54.1 Å². The van der Waals surface area contributed by atoms with E-state index >= 15 is 0 Å². The molecule has 3 aromatic carbocycles. The van der Waals surface area contributed by atoms with E-state index in [1.54, 1.807) is 24.4 Å². The SMILES string of the molecule is O/N=C1C(=C\c2ccccn2)\OC\1=C(\c1ccccc1OCc1ccc(Cl)cc1)c1ncnc2ccc(Cl)cc12. The first-order valence-electron chi connectivity index (χ1n) is 12.3. The van der Waals surface area contributed by atoms with E-state index in [4.69, 9.17) is 32.7 Å². The van der Waals surface area contributed by atoms with Gasteiger partial charge < -0.3 is 14.7 Å². The number of hydrogen-bond acceptors (Lipinski definition) is 7. The lowest BCUT2D eigenvalue weighted by molar-refractivity contribution is 0.276. The quantitative estimate of drug-likeness (QED) is 0.168. The number of fused-ring (bicyclic) bond motifs is 1. The lowest BCUT2D eigenvalue weighted by atomic mass is 9.93. The van der Waals surface area contributed by atoms with Crippen LogP contribution in [0, 0.1) is 0 Å². The second-order valence-electron chi connectivity index (χ2n) is 8.81. The first-order valence-corrected chi connectivity index (χ1v) is 13.0. The van der Waals surface area contributed by atoms with Gasteiger partial charge in [0.15, 0.2) is 17.2 Å². The third-order valence-electron chi connectivity index (χ3n) is 6.25. The Kier molecular flexibility index (Phi) is 7.14. The number of benzene rings is 3. The van der Waals surface area contributed by atoms with E-state index in [1.807, 2.05) is 72.8 Å². The molecule has 0 atom stereocenters. The third kappa shape index (κ3) is 5.12. The molecule has 1 N–H and O–H groups in total. The number of aromatic nitrogens is 3. The molecular formula is C31H20Cl2N4O3. The lowest BCUT2D eigenvalue weighted by Crippen LogP contribution is -2.25. The van der Waals surface area contributed by atoms with Gasteiger partial charge >= 0.3 is 0 Å². The van der Waals surface area contributed by atoms with Crippen LogP contribution in [0.2, 0.25) is 10.0 Å². The highest BCUT2D eigenvalue weighted by atomic mass is 35.5. The summed E-state index contributed by atoms with van der Waals surface area (Å²) in [7, 11) is 0. The van der Waals surface area contributed by atoms with Crippen LogP contribution in [0.25, 0.3) is 22.6 Å². The highest BCUT2D eigenvalue weighted by molar-refractivity contribution is 6.31. The normalized spacial score (nSPS) is 16.1. The minimum Gasteiger partial charge on any atom is -0.488 e. The predicted molar refractivity (Wildman–Crippen MR) is 155 cm³/mol. The Morgan fingerprint density at radius 2 is 1.70 bits per heavy atom. The average molecular weight is 567 g/mol. The van der Waals surface area contributed by atoms with Gasteiger partial charge in [-0.1, -0.05) is 64.8 Å². The number of oxime groups is 1. The van der Waals surface area contributed by atoms with Gasteiger partial charge in [0.25, 0.3) is 0 Å². The molecule has 40 heavy (non-hydrogen) atoms. The molecule has 1 saturated heterocycles. The molecule has 1 aliphatic rings. The zero-order chi connectivity index (χ0) is 27.5. The number of para-hydroxylation sites is 1. The Morgan fingerprint density at radius 1 is 0.900 bits per heavy atom. The van der Waals surface area contributed by atoms with Crippen LogP contribution < -0.4 is 4.74 Å². The van der Waals surface area contributed by atoms with Gasteiger partial charge in [0.1, 0.15) is 18.7 Å². The molecule has 0 bridgehead atoms. The smallest absolute Gasteiger partial charge is 0.188 e. The molecule has 9 heteroatoms. The molecule has 2 aromatic heterocycles. The van der Waals surface area contributed by atoms with Crippen molar-refractivity contribution in [1.82, 2.24) is 15.0 Å². The molecule has 0 spiro atoms. The van der Waals surface area contributed by atoms with Gasteiger partial charge in [0, 0.05) is 33.3 Å². The number of halogens is 2. The first kappa shape index (κ1) is 25.6. The van der Waals surface area contributed by atoms with Crippen molar-refractivity contribution in [2.24, 2.45) is 5.16 Å². The third-order valence-corrected chi connectivity index (χ3v) is 6.74. The molecule has 7 nitrogen and oxygen atoms in total. The number of rotatable bonds is 6. The van der Waals surface area contributed by atoms with Crippen LogP contribution in [-0.4, -0.2) is 25.9 Å². The Morgan fingerprint density at radius 3 is 2.50 bits per heavy atom. The highest BCUT2D eigenvalue weighted by Gasteiger charge is 2.36. The van der Waals surface area contributed by atoms with Crippen molar-refractivity contribution < 1.29 is 14.7 Å². The molecule has 3 heterocycles. The Bertz CT molecular complexity index is 1800. The van der Waals surface area contributed by atoms with Crippen LogP contribution in [0.1, 0.15) is 22.5 Å². The molecule has 0 radical (unpaired) electrons. The second-order valence-corrected chi connectivity index (χ2v) is 9.69. The topological polar surface area (TPSA) is 89.7 Å². The van der Waals surface area contributed by atoms with Crippen LogP contribution in [0.3, 0.4) is 0 Å². The van der Waals surface area contributed by atoms with Gasteiger partial charge in [-0.2, -0.15) is 0 Å². The van der Waals surface area contributed by atoms with Crippen molar-refractivity contribution in [1.29, 1.82) is 0 Å². The van der Waals surface area contributed by atoms with Crippen molar-refractivity contribution in [2.75, 3.05) is 0 Å². The van der Waals surface area contributed by atoms with E-state index in [0.717, 1.165) is 5.56 Å². The molecule has 0 amide bonds. The second kappa shape index (κ2) is 11.2. The largest absolute Gasteiger partial charge is 0.488 e. The van der Waals surface area contributed by atoms with E-state index < -0.39 is 0 Å². The fourth-order valence-corrected chi connectivity index (χ4v) is 4.65. The lowest BCUT2D eigenvalue weighted by Gasteiger charge is -2.28. The van der Waals surface area contributed by atoms with E-state index in [1.165, 1.54) is 6.33 Å². The van der Waals surface area contributed by atoms with Crippen LogP contribution in [0.15, 0.2) is 114 Å². The average Bonchev–Trinajstić information content (AvgIpc) is 2.97. The van der Waals surface area contributed by atoms with Crippen LogP contribution in [0.5, 0.6) is 5.75 Å². The Hall–Kier alpha value is -4.72.